The Morgan fingerprint density at radius 3 is 2.76 bits per heavy atom. The van der Waals surface area contributed by atoms with Gasteiger partial charge in [-0.25, -0.2) is 0 Å². The van der Waals surface area contributed by atoms with Gasteiger partial charge in [0, 0.05) is 37.7 Å². The Morgan fingerprint density at radius 2 is 2.08 bits per heavy atom. The van der Waals surface area contributed by atoms with Crippen LogP contribution in [0.4, 0.5) is 0 Å². The smallest absolute Gasteiger partial charge is 0.239 e. The van der Waals surface area contributed by atoms with Crippen LogP contribution in [0.3, 0.4) is 0 Å². The lowest BCUT2D eigenvalue weighted by Crippen LogP contribution is -2.51. The van der Waals surface area contributed by atoms with E-state index in [2.05, 4.69) is 46.5 Å². The first-order valence-electron chi connectivity index (χ1n) is 8.98. The van der Waals surface area contributed by atoms with Crippen molar-refractivity contribution >= 4 is 23.6 Å². The molecule has 0 radical (unpaired) electrons. The molecule has 138 valence electrons. The molecule has 1 atom stereocenters. The van der Waals surface area contributed by atoms with Crippen molar-refractivity contribution in [3.05, 3.63) is 35.9 Å². The molecule has 2 rings (SSSR count). The number of amides is 1. The van der Waals surface area contributed by atoms with Gasteiger partial charge < -0.3 is 15.5 Å². The van der Waals surface area contributed by atoms with Gasteiger partial charge in [-0.1, -0.05) is 44.2 Å². The van der Waals surface area contributed by atoms with Crippen LogP contribution in [-0.2, 0) is 11.2 Å². The van der Waals surface area contributed by atoms with Crippen LogP contribution < -0.4 is 10.6 Å². The van der Waals surface area contributed by atoms with E-state index in [0.717, 1.165) is 31.2 Å². The first-order valence-corrected chi connectivity index (χ1v) is 10.0. The first-order chi connectivity index (χ1) is 12.1. The molecule has 0 saturated carbocycles. The highest BCUT2D eigenvalue weighted by molar-refractivity contribution is 8.00. The monoisotopic (exact) mass is 362 g/mol. The minimum atomic E-state index is 0.00359. The second-order valence-corrected chi connectivity index (χ2v) is 7.93. The average molecular weight is 363 g/mol. The second kappa shape index (κ2) is 10.3. The van der Waals surface area contributed by atoms with Gasteiger partial charge in [-0.2, -0.15) is 11.8 Å². The van der Waals surface area contributed by atoms with Gasteiger partial charge in [0.15, 0.2) is 5.96 Å². The van der Waals surface area contributed by atoms with Crippen LogP contribution in [0, 0.1) is 5.92 Å². The zero-order chi connectivity index (χ0) is 18.1. The highest BCUT2D eigenvalue weighted by Crippen LogP contribution is 2.24. The summed E-state index contributed by atoms with van der Waals surface area (Å²) in [6, 6.07) is 10.2. The van der Waals surface area contributed by atoms with E-state index in [0.29, 0.717) is 17.7 Å². The summed E-state index contributed by atoms with van der Waals surface area (Å²) in [6.45, 7) is 7.40. The molecule has 0 aromatic heterocycles. The molecule has 5 nitrogen and oxygen atoms in total. The normalized spacial score (nSPS) is 18.3. The Balaban J connectivity index is 1.71. The molecule has 1 aromatic rings. The van der Waals surface area contributed by atoms with Crippen LogP contribution >= 0.6 is 11.8 Å². The van der Waals surface area contributed by atoms with Crippen LogP contribution in [0.25, 0.3) is 0 Å². The molecule has 1 amide bonds. The number of carbonyl (C=O) groups is 1. The number of nitrogens with zero attached hydrogens (tertiary/aromatic N) is 2. The third-order valence-corrected chi connectivity index (χ3v) is 5.87. The van der Waals surface area contributed by atoms with Crippen LogP contribution in [0.15, 0.2) is 35.3 Å². The Morgan fingerprint density at radius 1 is 1.32 bits per heavy atom. The quantitative estimate of drug-likeness (QED) is 0.600. The van der Waals surface area contributed by atoms with Crippen LogP contribution in [0.1, 0.15) is 19.4 Å². The number of hydrogen-bond donors (Lipinski definition) is 2. The number of thioether (sulfide) groups is 1. The largest absolute Gasteiger partial charge is 0.354 e. The molecule has 6 heteroatoms. The maximum atomic E-state index is 12.1. The minimum Gasteiger partial charge on any atom is -0.354 e. The Labute approximate surface area is 155 Å². The zero-order valence-corrected chi connectivity index (χ0v) is 16.3. The number of guanidine groups is 1. The second-order valence-electron chi connectivity index (χ2n) is 6.59. The number of carbonyl (C=O) groups excluding carboxylic acids is 1. The van der Waals surface area contributed by atoms with Gasteiger partial charge in [-0.15, -0.1) is 0 Å². The molecular formula is C19H30N4OS. The first kappa shape index (κ1) is 19.6. The van der Waals surface area contributed by atoms with Crippen molar-refractivity contribution < 1.29 is 4.79 Å². The van der Waals surface area contributed by atoms with Crippen molar-refractivity contribution in [3.8, 4) is 0 Å². The summed E-state index contributed by atoms with van der Waals surface area (Å²) >= 11 is 2.03. The van der Waals surface area contributed by atoms with Gasteiger partial charge in [0.2, 0.25) is 5.91 Å². The van der Waals surface area contributed by atoms with Crippen LogP contribution in [0.2, 0.25) is 0 Å². The van der Waals surface area contributed by atoms with Crippen molar-refractivity contribution in [2.45, 2.75) is 25.5 Å². The minimum absolute atomic E-state index is 0.00359. The molecule has 25 heavy (non-hydrogen) atoms. The molecule has 1 saturated heterocycles. The van der Waals surface area contributed by atoms with Crippen molar-refractivity contribution in [3.63, 3.8) is 0 Å². The highest BCUT2D eigenvalue weighted by Gasteiger charge is 2.24. The summed E-state index contributed by atoms with van der Waals surface area (Å²) in [4.78, 5) is 18.7. The Kier molecular flexibility index (Phi) is 8.12. The SMILES string of the molecule is CN=C(NCC(=O)NCCc1ccccc1)N1CCSC(C(C)C)C1. The van der Waals surface area contributed by atoms with E-state index in [1.54, 1.807) is 7.05 Å². The molecule has 1 aliphatic heterocycles. The molecule has 0 bridgehead atoms. The zero-order valence-electron chi connectivity index (χ0n) is 15.5. The molecule has 1 aromatic carbocycles. The fourth-order valence-corrected chi connectivity index (χ4v) is 4.11. The van der Waals surface area contributed by atoms with E-state index < -0.39 is 0 Å². The summed E-state index contributed by atoms with van der Waals surface area (Å²) in [5.41, 5.74) is 1.23. The van der Waals surface area contributed by atoms with E-state index >= 15 is 0 Å². The lowest BCUT2D eigenvalue weighted by molar-refractivity contribution is -0.120. The van der Waals surface area contributed by atoms with Gasteiger partial charge >= 0.3 is 0 Å². The summed E-state index contributed by atoms with van der Waals surface area (Å²) in [7, 11) is 1.78. The van der Waals surface area contributed by atoms with E-state index in [9.17, 15) is 4.79 Å². The van der Waals surface area contributed by atoms with Gasteiger partial charge in [0.1, 0.15) is 0 Å². The predicted octanol–water partition coefficient (Wildman–Crippen LogP) is 1.99. The Bertz CT molecular complexity index is 562. The lowest BCUT2D eigenvalue weighted by Gasteiger charge is -2.36. The summed E-state index contributed by atoms with van der Waals surface area (Å²) in [5.74, 6) is 2.58. The Hall–Kier alpha value is -1.69. The van der Waals surface area contributed by atoms with Crippen molar-refractivity contribution in [1.82, 2.24) is 15.5 Å². The van der Waals surface area contributed by atoms with Gasteiger partial charge in [0.25, 0.3) is 0 Å². The number of nitrogens with one attached hydrogen (secondary N) is 2. The fraction of sp³-hybridized carbons (Fsp3) is 0.579. The number of hydrogen-bond acceptors (Lipinski definition) is 3. The van der Waals surface area contributed by atoms with Crippen molar-refractivity contribution in [2.24, 2.45) is 10.9 Å². The molecule has 1 aliphatic rings. The van der Waals surface area contributed by atoms with E-state index in [1.165, 1.54) is 5.56 Å². The van der Waals surface area contributed by atoms with Crippen molar-refractivity contribution in [2.75, 3.05) is 39.0 Å². The van der Waals surface area contributed by atoms with Gasteiger partial charge in [0.05, 0.1) is 6.54 Å². The average Bonchev–Trinajstić information content (AvgIpc) is 2.63. The molecular weight excluding hydrogens is 332 g/mol. The lowest BCUT2D eigenvalue weighted by atomic mass is 10.1. The van der Waals surface area contributed by atoms with Crippen LogP contribution in [0.5, 0.6) is 0 Å². The highest BCUT2D eigenvalue weighted by atomic mass is 32.2. The maximum Gasteiger partial charge on any atom is 0.239 e. The fourth-order valence-electron chi connectivity index (χ4n) is 2.82. The third-order valence-electron chi connectivity index (χ3n) is 4.33. The summed E-state index contributed by atoms with van der Waals surface area (Å²) in [5, 5.41) is 6.78. The number of aliphatic imine (C=N–C) groups is 1. The number of rotatable bonds is 6. The van der Waals surface area contributed by atoms with E-state index in [4.69, 9.17) is 0 Å². The third kappa shape index (κ3) is 6.61. The maximum absolute atomic E-state index is 12.1. The molecule has 0 aliphatic carbocycles. The van der Waals surface area contributed by atoms with Crippen molar-refractivity contribution in [1.29, 1.82) is 0 Å². The molecule has 1 heterocycles. The molecule has 2 N–H and O–H groups in total. The predicted molar refractivity (Wildman–Crippen MR) is 107 cm³/mol. The van der Waals surface area contributed by atoms with Gasteiger partial charge in [-0.05, 0) is 17.9 Å². The van der Waals surface area contributed by atoms with Crippen LogP contribution in [-0.4, -0.2) is 61.0 Å². The topological polar surface area (TPSA) is 56.7 Å². The molecule has 1 fully saturated rings. The van der Waals surface area contributed by atoms with E-state index in [1.807, 2.05) is 30.0 Å². The standard InChI is InChI=1S/C19H30N4OS/c1-15(2)17-14-23(11-12-25-17)19(20-3)22-13-18(24)21-10-9-16-7-5-4-6-8-16/h4-8,15,17H,9-14H2,1-3H3,(H,20,22)(H,21,24). The molecule has 0 spiro atoms. The summed E-state index contributed by atoms with van der Waals surface area (Å²) in [6.07, 6.45) is 0.848. The van der Waals surface area contributed by atoms with E-state index in [-0.39, 0.29) is 12.5 Å². The molecule has 1 unspecified atom stereocenters. The van der Waals surface area contributed by atoms with Gasteiger partial charge in [-0.3, -0.25) is 9.79 Å². The number of benzene rings is 1. The summed E-state index contributed by atoms with van der Waals surface area (Å²) < 4.78 is 0.